The molecule has 1 aliphatic carbocycles. The van der Waals surface area contributed by atoms with Crippen molar-refractivity contribution in [2.45, 2.75) is 52.9 Å². The minimum atomic E-state index is -0.898. The van der Waals surface area contributed by atoms with Crippen LogP contribution in [0.2, 0.25) is 0 Å². The van der Waals surface area contributed by atoms with E-state index in [0.717, 1.165) is 22.4 Å². The van der Waals surface area contributed by atoms with E-state index >= 15 is 0 Å². The highest BCUT2D eigenvalue weighted by Crippen LogP contribution is 2.35. The molecule has 2 atom stereocenters. The molecule has 2 N–H and O–H groups in total. The lowest BCUT2D eigenvalue weighted by molar-refractivity contribution is -0.146. The summed E-state index contributed by atoms with van der Waals surface area (Å²) in [6.45, 7) is 10.3. The highest BCUT2D eigenvalue weighted by Gasteiger charge is 2.37. The molecular formula is C20H27NO3. The first-order valence-electron chi connectivity index (χ1n) is 8.39. The van der Waals surface area contributed by atoms with Crippen LogP contribution in [0, 0.1) is 11.8 Å². The standard InChI is InChI=1S/C20H27NO3/c1-12-9-16(17(19(23)24)10-13(12)2)18(22)21-15-8-6-7-14(11-15)20(3,4)5/h6-8,11,16-17H,9-10H2,1-5H3,(H,21,22)(H,23,24). The summed E-state index contributed by atoms with van der Waals surface area (Å²) in [4.78, 5) is 24.3. The van der Waals surface area contributed by atoms with E-state index in [1.807, 2.05) is 38.1 Å². The number of carboxylic acid groups (broad SMARTS) is 1. The van der Waals surface area contributed by atoms with Crippen molar-refractivity contribution in [2.24, 2.45) is 11.8 Å². The van der Waals surface area contributed by atoms with Crippen molar-refractivity contribution < 1.29 is 14.7 Å². The molecular weight excluding hydrogens is 302 g/mol. The van der Waals surface area contributed by atoms with Crippen LogP contribution in [0.3, 0.4) is 0 Å². The molecule has 0 saturated carbocycles. The van der Waals surface area contributed by atoms with Crippen LogP contribution in [0.25, 0.3) is 0 Å². The SMILES string of the molecule is CC1=C(C)CC(C(=O)Nc2cccc(C(C)(C)C)c2)C(C(=O)O)C1. The van der Waals surface area contributed by atoms with E-state index in [0.29, 0.717) is 12.8 Å². The predicted octanol–water partition coefficient (Wildman–Crippen LogP) is 4.37. The molecule has 1 aromatic rings. The molecule has 0 radical (unpaired) electrons. The third kappa shape index (κ3) is 4.05. The van der Waals surface area contributed by atoms with Gasteiger partial charge in [0, 0.05) is 5.69 Å². The van der Waals surface area contributed by atoms with Gasteiger partial charge in [-0.3, -0.25) is 9.59 Å². The second-order valence-electron chi connectivity index (χ2n) is 7.84. The monoisotopic (exact) mass is 329 g/mol. The molecule has 0 aromatic heterocycles. The minimum Gasteiger partial charge on any atom is -0.481 e. The summed E-state index contributed by atoms with van der Waals surface area (Å²) in [6, 6.07) is 7.76. The van der Waals surface area contributed by atoms with Crippen LogP contribution in [0.4, 0.5) is 5.69 Å². The highest BCUT2D eigenvalue weighted by molar-refractivity contribution is 5.95. The summed E-state index contributed by atoms with van der Waals surface area (Å²) < 4.78 is 0. The Balaban J connectivity index is 2.21. The van der Waals surface area contributed by atoms with Crippen molar-refractivity contribution in [3.8, 4) is 0 Å². The Morgan fingerprint density at radius 1 is 1.08 bits per heavy atom. The maximum Gasteiger partial charge on any atom is 0.307 e. The zero-order valence-corrected chi connectivity index (χ0v) is 15.1. The van der Waals surface area contributed by atoms with E-state index in [2.05, 4.69) is 26.1 Å². The van der Waals surface area contributed by atoms with Crippen molar-refractivity contribution >= 4 is 17.6 Å². The Bertz CT molecular complexity index is 682. The molecule has 1 aromatic carbocycles. The fourth-order valence-corrected chi connectivity index (χ4v) is 3.13. The van der Waals surface area contributed by atoms with Gasteiger partial charge < -0.3 is 10.4 Å². The van der Waals surface area contributed by atoms with Crippen molar-refractivity contribution in [1.82, 2.24) is 0 Å². The van der Waals surface area contributed by atoms with Crippen LogP contribution in [-0.4, -0.2) is 17.0 Å². The first kappa shape index (κ1) is 18.2. The number of carbonyl (C=O) groups is 2. The van der Waals surface area contributed by atoms with Crippen LogP contribution in [0.1, 0.15) is 53.0 Å². The molecule has 0 fully saturated rings. The number of rotatable bonds is 3. The van der Waals surface area contributed by atoms with Crippen molar-refractivity contribution in [2.75, 3.05) is 5.32 Å². The predicted molar refractivity (Wildman–Crippen MR) is 96.0 cm³/mol. The Kier molecular flexibility index (Phi) is 5.16. The lowest BCUT2D eigenvalue weighted by Gasteiger charge is -2.29. The summed E-state index contributed by atoms with van der Waals surface area (Å²) in [6.07, 6.45) is 0.953. The molecule has 24 heavy (non-hydrogen) atoms. The van der Waals surface area contributed by atoms with Gasteiger partial charge in [0.1, 0.15) is 0 Å². The fraction of sp³-hybridized carbons (Fsp3) is 0.500. The van der Waals surface area contributed by atoms with Gasteiger partial charge in [-0.15, -0.1) is 0 Å². The van der Waals surface area contributed by atoms with E-state index < -0.39 is 17.8 Å². The summed E-state index contributed by atoms with van der Waals surface area (Å²) in [7, 11) is 0. The molecule has 0 saturated heterocycles. The summed E-state index contributed by atoms with van der Waals surface area (Å²) in [5, 5.41) is 12.4. The number of amides is 1. The first-order chi connectivity index (χ1) is 11.1. The molecule has 2 unspecified atom stereocenters. The number of hydrogen-bond acceptors (Lipinski definition) is 2. The van der Waals surface area contributed by atoms with Gasteiger partial charge in [-0.05, 0) is 49.8 Å². The zero-order chi connectivity index (χ0) is 18.1. The molecule has 0 bridgehead atoms. The van der Waals surface area contributed by atoms with Crippen LogP contribution < -0.4 is 5.32 Å². The maximum absolute atomic E-state index is 12.7. The molecule has 4 nitrogen and oxygen atoms in total. The molecule has 0 aliphatic heterocycles. The van der Waals surface area contributed by atoms with Gasteiger partial charge in [-0.2, -0.15) is 0 Å². The summed E-state index contributed by atoms with van der Waals surface area (Å²) >= 11 is 0. The Labute approximate surface area is 144 Å². The quantitative estimate of drug-likeness (QED) is 0.809. The number of carboxylic acids is 1. The normalized spacial score (nSPS) is 21.5. The van der Waals surface area contributed by atoms with Crippen LogP contribution in [0.15, 0.2) is 35.4 Å². The van der Waals surface area contributed by atoms with E-state index in [1.165, 1.54) is 0 Å². The fourth-order valence-electron chi connectivity index (χ4n) is 3.13. The number of benzene rings is 1. The number of hydrogen-bond donors (Lipinski definition) is 2. The third-order valence-electron chi connectivity index (χ3n) is 4.92. The number of anilines is 1. The number of nitrogens with one attached hydrogen (secondary N) is 1. The Morgan fingerprint density at radius 2 is 1.67 bits per heavy atom. The van der Waals surface area contributed by atoms with Gasteiger partial charge in [0.15, 0.2) is 0 Å². The Hall–Kier alpha value is -2.10. The van der Waals surface area contributed by atoms with Gasteiger partial charge >= 0.3 is 5.97 Å². The van der Waals surface area contributed by atoms with Gasteiger partial charge in [0.05, 0.1) is 11.8 Å². The molecule has 1 aliphatic rings. The average Bonchev–Trinajstić information content (AvgIpc) is 2.48. The number of aliphatic carboxylic acids is 1. The number of carbonyl (C=O) groups excluding carboxylic acids is 1. The molecule has 0 heterocycles. The molecule has 4 heteroatoms. The van der Waals surface area contributed by atoms with Crippen molar-refractivity contribution in [3.05, 3.63) is 41.0 Å². The van der Waals surface area contributed by atoms with Gasteiger partial charge in [-0.25, -0.2) is 0 Å². The lowest BCUT2D eigenvalue weighted by atomic mass is 9.76. The topological polar surface area (TPSA) is 66.4 Å². The van der Waals surface area contributed by atoms with Crippen molar-refractivity contribution in [3.63, 3.8) is 0 Å². The number of allylic oxidation sites excluding steroid dienone is 2. The first-order valence-corrected chi connectivity index (χ1v) is 8.39. The van der Waals surface area contributed by atoms with Crippen molar-refractivity contribution in [1.29, 1.82) is 0 Å². The van der Waals surface area contributed by atoms with E-state index in [-0.39, 0.29) is 11.3 Å². The second kappa shape index (κ2) is 6.80. The smallest absolute Gasteiger partial charge is 0.307 e. The summed E-state index contributed by atoms with van der Waals surface area (Å²) in [5.41, 5.74) is 4.05. The largest absolute Gasteiger partial charge is 0.481 e. The molecule has 130 valence electrons. The van der Waals surface area contributed by atoms with Gasteiger partial charge in [-0.1, -0.05) is 44.1 Å². The molecule has 1 amide bonds. The van der Waals surface area contributed by atoms with Gasteiger partial charge in [0.25, 0.3) is 0 Å². The van der Waals surface area contributed by atoms with E-state index in [9.17, 15) is 14.7 Å². The molecule has 0 spiro atoms. The van der Waals surface area contributed by atoms with E-state index in [1.54, 1.807) is 0 Å². The van der Waals surface area contributed by atoms with Gasteiger partial charge in [0.2, 0.25) is 5.91 Å². The van der Waals surface area contributed by atoms with E-state index in [4.69, 9.17) is 0 Å². The highest BCUT2D eigenvalue weighted by atomic mass is 16.4. The molecule has 2 rings (SSSR count). The Morgan fingerprint density at radius 3 is 2.21 bits per heavy atom. The second-order valence-corrected chi connectivity index (χ2v) is 7.84. The third-order valence-corrected chi connectivity index (χ3v) is 4.92. The average molecular weight is 329 g/mol. The maximum atomic E-state index is 12.7. The van der Waals surface area contributed by atoms with Crippen LogP contribution >= 0.6 is 0 Å². The summed E-state index contributed by atoms with van der Waals surface area (Å²) in [5.74, 6) is -2.28. The van der Waals surface area contributed by atoms with Crippen LogP contribution in [0.5, 0.6) is 0 Å². The minimum absolute atomic E-state index is 0.00832. The van der Waals surface area contributed by atoms with Crippen LogP contribution in [-0.2, 0) is 15.0 Å². The lowest BCUT2D eigenvalue weighted by Crippen LogP contribution is -2.36. The zero-order valence-electron chi connectivity index (χ0n) is 15.1.